The maximum Gasteiger partial charge on any atom is 0.119 e. The van der Waals surface area contributed by atoms with E-state index < -0.39 is 0 Å². The summed E-state index contributed by atoms with van der Waals surface area (Å²) < 4.78 is 5.22. The van der Waals surface area contributed by atoms with Crippen LogP contribution in [0.25, 0.3) is 0 Å². The zero-order chi connectivity index (χ0) is 12.8. The van der Waals surface area contributed by atoms with Gasteiger partial charge in [-0.15, -0.1) is 0 Å². The Hall–Kier alpha value is -1.53. The van der Waals surface area contributed by atoms with Gasteiger partial charge >= 0.3 is 0 Å². The van der Waals surface area contributed by atoms with Crippen LogP contribution < -0.4 is 4.74 Å². The topological polar surface area (TPSA) is 36.3 Å². The molecule has 0 N–H and O–H groups in total. The highest BCUT2D eigenvalue weighted by atomic mass is 16.5. The molecule has 1 aromatic rings. The molecule has 0 aromatic heterocycles. The summed E-state index contributed by atoms with van der Waals surface area (Å²) in [6.45, 7) is 3.09. The highest BCUT2D eigenvalue weighted by Gasteiger charge is 2.17. The second kappa shape index (κ2) is 6.42. The normalized spacial score (nSPS) is 18.0. The van der Waals surface area contributed by atoms with Gasteiger partial charge in [0.1, 0.15) is 5.75 Å². The van der Waals surface area contributed by atoms with E-state index in [2.05, 4.69) is 11.0 Å². The second-order valence-electron chi connectivity index (χ2n) is 4.82. The van der Waals surface area contributed by atoms with Crippen LogP contribution >= 0.6 is 0 Å². The van der Waals surface area contributed by atoms with Crippen molar-refractivity contribution in [1.82, 2.24) is 4.90 Å². The van der Waals surface area contributed by atoms with Gasteiger partial charge in [0, 0.05) is 6.54 Å². The zero-order valence-electron chi connectivity index (χ0n) is 10.9. The molecular formula is C15H20N2O. The fourth-order valence-electron chi connectivity index (χ4n) is 2.48. The Labute approximate surface area is 109 Å². The van der Waals surface area contributed by atoms with Crippen molar-refractivity contribution in [2.24, 2.45) is 0 Å². The molecule has 3 nitrogen and oxygen atoms in total. The van der Waals surface area contributed by atoms with E-state index in [0.717, 1.165) is 30.9 Å². The molecule has 1 aromatic carbocycles. The van der Waals surface area contributed by atoms with Crippen molar-refractivity contribution in [1.29, 1.82) is 5.26 Å². The number of benzene rings is 1. The van der Waals surface area contributed by atoms with Crippen LogP contribution in [-0.2, 0) is 0 Å². The molecule has 0 radical (unpaired) electrons. The molecule has 0 amide bonds. The molecule has 3 heteroatoms. The molecule has 1 heterocycles. The summed E-state index contributed by atoms with van der Waals surface area (Å²) >= 11 is 0. The van der Waals surface area contributed by atoms with E-state index in [9.17, 15) is 5.26 Å². The fourth-order valence-corrected chi connectivity index (χ4v) is 2.48. The zero-order valence-corrected chi connectivity index (χ0v) is 10.9. The lowest BCUT2D eigenvalue weighted by Crippen LogP contribution is -2.33. The number of methoxy groups -OCH3 is 1. The van der Waals surface area contributed by atoms with E-state index in [0.29, 0.717) is 0 Å². The molecule has 2 rings (SSSR count). The van der Waals surface area contributed by atoms with Crippen LogP contribution in [0, 0.1) is 11.3 Å². The number of hydrogen-bond donors (Lipinski definition) is 0. The van der Waals surface area contributed by atoms with Crippen molar-refractivity contribution in [3.63, 3.8) is 0 Å². The van der Waals surface area contributed by atoms with Crippen molar-refractivity contribution in [3.8, 4) is 11.8 Å². The van der Waals surface area contributed by atoms with Gasteiger partial charge in [-0.25, -0.2) is 0 Å². The second-order valence-corrected chi connectivity index (χ2v) is 4.82. The minimum Gasteiger partial charge on any atom is -0.497 e. The van der Waals surface area contributed by atoms with E-state index >= 15 is 0 Å². The Morgan fingerprint density at radius 3 is 2.78 bits per heavy atom. The highest BCUT2D eigenvalue weighted by molar-refractivity contribution is 5.33. The number of nitrogens with zero attached hydrogens (tertiary/aromatic N) is 2. The van der Waals surface area contributed by atoms with E-state index in [4.69, 9.17) is 4.74 Å². The monoisotopic (exact) mass is 244 g/mol. The summed E-state index contributed by atoms with van der Waals surface area (Å²) in [4.78, 5) is 2.40. The fraction of sp³-hybridized carbons (Fsp3) is 0.533. The lowest BCUT2D eigenvalue weighted by molar-refractivity contribution is 0.225. The van der Waals surface area contributed by atoms with Crippen molar-refractivity contribution < 1.29 is 4.74 Å². The smallest absolute Gasteiger partial charge is 0.119 e. The average molecular weight is 244 g/mol. The van der Waals surface area contributed by atoms with Gasteiger partial charge in [0.15, 0.2) is 0 Å². The minimum atomic E-state index is -0.0572. The molecule has 0 saturated carbocycles. The van der Waals surface area contributed by atoms with Gasteiger partial charge in [0.25, 0.3) is 0 Å². The standard InChI is InChI=1S/C15H20N2O/c1-18-15-7-5-6-13(10-15)14(11-16)12-17-8-3-2-4-9-17/h5-7,10,14H,2-4,8-9,12H2,1H3. The molecule has 96 valence electrons. The Kier molecular flexibility index (Phi) is 4.60. The van der Waals surface area contributed by atoms with Crippen LogP contribution in [0.3, 0.4) is 0 Å². The van der Waals surface area contributed by atoms with E-state index in [1.165, 1.54) is 19.3 Å². The van der Waals surface area contributed by atoms with Crippen LogP contribution in [0.2, 0.25) is 0 Å². The first-order valence-corrected chi connectivity index (χ1v) is 6.59. The Balaban J connectivity index is 2.05. The van der Waals surface area contributed by atoms with Crippen LogP contribution in [0.1, 0.15) is 30.7 Å². The molecule has 1 atom stereocenters. The summed E-state index contributed by atoms with van der Waals surface area (Å²) in [5.74, 6) is 0.768. The van der Waals surface area contributed by atoms with E-state index in [1.54, 1.807) is 7.11 Å². The third kappa shape index (κ3) is 3.24. The summed E-state index contributed by atoms with van der Waals surface area (Å²) in [6, 6.07) is 10.3. The SMILES string of the molecule is COc1cccc(C(C#N)CN2CCCCC2)c1. The lowest BCUT2D eigenvalue weighted by atomic mass is 9.98. The van der Waals surface area contributed by atoms with Crippen molar-refractivity contribution >= 4 is 0 Å². The number of piperidine rings is 1. The molecular weight excluding hydrogens is 224 g/mol. The molecule has 0 aliphatic carbocycles. The maximum atomic E-state index is 9.36. The molecule has 1 fully saturated rings. The number of likely N-dealkylation sites (tertiary alicyclic amines) is 1. The third-order valence-corrected chi connectivity index (χ3v) is 3.54. The van der Waals surface area contributed by atoms with Crippen molar-refractivity contribution in [3.05, 3.63) is 29.8 Å². The molecule has 0 spiro atoms. The van der Waals surface area contributed by atoms with Gasteiger partial charge in [-0.05, 0) is 43.6 Å². The highest BCUT2D eigenvalue weighted by Crippen LogP contribution is 2.22. The van der Waals surface area contributed by atoms with E-state index in [-0.39, 0.29) is 5.92 Å². The minimum absolute atomic E-state index is 0.0572. The number of rotatable bonds is 4. The predicted octanol–water partition coefficient (Wildman–Crippen LogP) is 2.79. The van der Waals surface area contributed by atoms with Gasteiger partial charge in [0.05, 0.1) is 19.1 Å². The first-order chi connectivity index (χ1) is 8.83. The van der Waals surface area contributed by atoms with Gasteiger partial charge in [-0.3, -0.25) is 0 Å². The molecule has 18 heavy (non-hydrogen) atoms. The van der Waals surface area contributed by atoms with Crippen LogP contribution in [0.15, 0.2) is 24.3 Å². The molecule has 1 aliphatic heterocycles. The van der Waals surface area contributed by atoms with Gasteiger partial charge in [-0.2, -0.15) is 5.26 Å². The average Bonchev–Trinajstić information content (AvgIpc) is 2.46. The van der Waals surface area contributed by atoms with Gasteiger partial charge in [-0.1, -0.05) is 18.6 Å². The third-order valence-electron chi connectivity index (χ3n) is 3.54. The van der Waals surface area contributed by atoms with Gasteiger partial charge in [0.2, 0.25) is 0 Å². The predicted molar refractivity (Wildman–Crippen MR) is 71.6 cm³/mol. The number of nitriles is 1. The van der Waals surface area contributed by atoms with Crippen LogP contribution in [-0.4, -0.2) is 31.6 Å². The molecule has 1 unspecified atom stereocenters. The first kappa shape index (κ1) is 12.9. The van der Waals surface area contributed by atoms with Crippen molar-refractivity contribution in [2.75, 3.05) is 26.7 Å². The van der Waals surface area contributed by atoms with Crippen LogP contribution in [0.4, 0.5) is 0 Å². The van der Waals surface area contributed by atoms with Crippen LogP contribution in [0.5, 0.6) is 5.75 Å². The summed E-state index contributed by atoms with van der Waals surface area (Å²) in [5.41, 5.74) is 1.06. The molecule has 1 aliphatic rings. The molecule has 0 bridgehead atoms. The van der Waals surface area contributed by atoms with Crippen molar-refractivity contribution in [2.45, 2.75) is 25.2 Å². The Morgan fingerprint density at radius 2 is 2.11 bits per heavy atom. The molecule has 1 saturated heterocycles. The summed E-state index contributed by atoms with van der Waals surface area (Å²) in [7, 11) is 1.66. The maximum absolute atomic E-state index is 9.36. The Bertz CT molecular complexity index is 419. The summed E-state index contributed by atoms with van der Waals surface area (Å²) in [6.07, 6.45) is 3.85. The lowest BCUT2D eigenvalue weighted by Gasteiger charge is -2.28. The Morgan fingerprint density at radius 1 is 1.33 bits per heavy atom. The first-order valence-electron chi connectivity index (χ1n) is 6.59. The summed E-state index contributed by atoms with van der Waals surface area (Å²) in [5, 5.41) is 9.36. The van der Waals surface area contributed by atoms with Gasteiger partial charge < -0.3 is 9.64 Å². The quantitative estimate of drug-likeness (QED) is 0.817. The number of hydrogen-bond acceptors (Lipinski definition) is 3. The largest absolute Gasteiger partial charge is 0.497 e. The van der Waals surface area contributed by atoms with E-state index in [1.807, 2.05) is 24.3 Å². The number of ether oxygens (including phenoxy) is 1.